The van der Waals surface area contributed by atoms with Crippen molar-refractivity contribution in [2.24, 2.45) is 7.05 Å². The third-order valence-electron chi connectivity index (χ3n) is 4.20. The number of aromatic nitrogens is 3. The van der Waals surface area contributed by atoms with Gasteiger partial charge in [0.1, 0.15) is 12.2 Å². The zero-order valence-electron chi connectivity index (χ0n) is 15.2. The fourth-order valence-electron chi connectivity index (χ4n) is 2.68. The van der Waals surface area contributed by atoms with Crippen molar-refractivity contribution in [1.82, 2.24) is 20.1 Å². The maximum Gasteiger partial charge on any atom is 0.255 e. The summed E-state index contributed by atoms with van der Waals surface area (Å²) in [4.78, 5) is 24.5. The number of nitrogens with one attached hydrogen (secondary N) is 2. The molecule has 0 saturated heterocycles. The fraction of sp³-hybridized carbons (Fsp3) is 0.200. The molecule has 0 bridgehead atoms. The Morgan fingerprint density at radius 3 is 2.30 bits per heavy atom. The van der Waals surface area contributed by atoms with Crippen LogP contribution in [0.4, 0.5) is 5.69 Å². The highest BCUT2D eigenvalue weighted by molar-refractivity contribution is 6.04. The minimum atomic E-state index is -0.190. The Morgan fingerprint density at radius 2 is 1.67 bits per heavy atom. The molecule has 7 nitrogen and oxygen atoms in total. The van der Waals surface area contributed by atoms with Crippen LogP contribution >= 0.6 is 0 Å². The Kier molecular flexibility index (Phi) is 5.61. The monoisotopic (exact) mass is 363 g/mol. The molecule has 2 N–H and O–H groups in total. The normalized spacial score (nSPS) is 11.6. The summed E-state index contributed by atoms with van der Waals surface area (Å²) in [6, 6.07) is 15.8. The number of carbonyl (C=O) groups excluding carboxylic acids is 2. The van der Waals surface area contributed by atoms with Crippen LogP contribution in [0.2, 0.25) is 0 Å². The van der Waals surface area contributed by atoms with E-state index in [1.807, 2.05) is 36.7 Å². The van der Waals surface area contributed by atoms with Gasteiger partial charge in [0.25, 0.3) is 11.8 Å². The molecule has 0 aliphatic carbocycles. The molecule has 3 aromatic rings. The molecule has 0 spiro atoms. The van der Waals surface area contributed by atoms with Gasteiger partial charge in [-0.1, -0.05) is 25.1 Å². The van der Waals surface area contributed by atoms with Crippen LogP contribution in [0.25, 0.3) is 0 Å². The van der Waals surface area contributed by atoms with Crippen LogP contribution in [0.5, 0.6) is 0 Å². The van der Waals surface area contributed by atoms with E-state index in [0.29, 0.717) is 23.4 Å². The van der Waals surface area contributed by atoms with E-state index in [1.54, 1.807) is 42.7 Å². The molecule has 1 unspecified atom stereocenters. The van der Waals surface area contributed by atoms with Crippen LogP contribution in [0.3, 0.4) is 0 Å². The van der Waals surface area contributed by atoms with E-state index in [9.17, 15) is 9.59 Å². The van der Waals surface area contributed by atoms with Crippen LogP contribution in [0.1, 0.15) is 39.4 Å². The molecule has 27 heavy (non-hydrogen) atoms. The van der Waals surface area contributed by atoms with Gasteiger partial charge >= 0.3 is 0 Å². The van der Waals surface area contributed by atoms with Crippen molar-refractivity contribution < 1.29 is 9.59 Å². The lowest BCUT2D eigenvalue weighted by molar-refractivity contribution is 0.0950. The van der Waals surface area contributed by atoms with Gasteiger partial charge in [-0.25, -0.2) is 0 Å². The molecule has 3 rings (SSSR count). The van der Waals surface area contributed by atoms with Gasteiger partial charge in [-0.15, -0.1) is 10.2 Å². The first-order valence-corrected chi connectivity index (χ1v) is 8.63. The summed E-state index contributed by atoms with van der Waals surface area (Å²) < 4.78 is 1.83. The van der Waals surface area contributed by atoms with Crippen LogP contribution in [0, 0.1) is 0 Å². The summed E-state index contributed by atoms with van der Waals surface area (Å²) in [5.74, 6) is 0.496. The highest BCUT2D eigenvalue weighted by Gasteiger charge is 2.14. The van der Waals surface area contributed by atoms with Crippen molar-refractivity contribution in [2.45, 2.75) is 12.8 Å². The van der Waals surface area contributed by atoms with E-state index >= 15 is 0 Å². The van der Waals surface area contributed by atoms with E-state index in [0.717, 1.165) is 5.82 Å². The molecule has 1 atom stereocenters. The van der Waals surface area contributed by atoms with Gasteiger partial charge in [0.2, 0.25) is 0 Å². The second-order valence-corrected chi connectivity index (χ2v) is 6.31. The molecule has 0 aliphatic rings. The molecule has 2 amide bonds. The predicted octanol–water partition coefficient (Wildman–Crippen LogP) is 2.60. The van der Waals surface area contributed by atoms with Gasteiger partial charge < -0.3 is 15.2 Å². The third kappa shape index (κ3) is 4.58. The van der Waals surface area contributed by atoms with Crippen LogP contribution in [-0.2, 0) is 7.05 Å². The molecule has 0 fully saturated rings. The summed E-state index contributed by atoms with van der Waals surface area (Å²) in [5, 5.41) is 13.6. The number of amides is 2. The smallest absolute Gasteiger partial charge is 0.255 e. The standard InChI is InChI=1S/C20H21N5O2/c1-14(18-24-22-13-25(18)2)12-21-19(26)16-8-10-17(11-9-16)23-20(27)15-6-4-3-5-7-15/h3-11,13-14H,12H2,1-2H3,(H,21,26)(H,23,27). The Hall–Kier alpha value is -3.48. The summed E-state index contributed by atoms with van der Waals surface area (Å²) in [7, 11) is 1.87. The zero-order chi connectivity index (χ0) is 19.2. The lowest BCUT2D eigenvalue weighted by atomic mass is 10.1. The number of hydrogen-bond acceptors (Lipinski definition) is 4. The highest BCUT2D eigenvalue weighted by Crippen LogP contribution is 2.13. The summed E-state index contributed by atoms with van der Waals surface area (Å²) >= 11 is 0. The van der Waals surface area contributed by atoms with Crippen molar-refractivity contribution >= 4 is 17.5 Å². The molecule has 0 saturated carbocycles. The van der Waals surface area contributed by atoms with E-state index in [-0.39, 0.29) is 17.7 Å². The Morgan fingerprint density at radius 1 is 1.00 bits per heavy atom. The molecule has 7 heteroatoms. The Bertz CT molecular complexity index is 919. The maximum atomic E-state index is 12.3. The van der Waals surface area contributed by atoms with Crippen molar-refractivity contribution in [3.8, 4) is 0 Å². The number of nitrogens with zero attached hydrogens (tertiary/aromatic N) is 3. The molecule has 138 valence electrons. The molecule has 2 aromatic carbocycles. The first kappa shape index (κ1) is 18.3. The number of benzene rings is 2. The summed E-state index contributed by atoms with van der Waals surface area (Å²) in [6.07, 6.45) is 1.64. The second-order valence-electron chi connectivity index (χ2n) is 6.31. The third-order valence-corrected chi connectivity index (χ3v) is 4.20. The largest absolute Gasteiger partial charge is 0.351 e. The van der Waals surface area contributed by atoms with E-state index < -0.39 is 0 Å². The Balaban J connectivity index is 1.56. The van der Waals surface area contributed by atoms with Gasteiger partial charge in [-0.05, 0) is 36.4 Å². The predicted molar refractivity (Wildman–Crippen MR) is 103 cm³/mol. The lowest BCUT2D eigenvalue weighted by Gasteiger charge is -2.12. The van der Waals surface area contributed by atoms with Crippen LogP contribution in [-0.4, -0.2) is 33.1 Å². The van der Waals surface area contributed by atoms with Gasteiger partial charge in [0.05, 0.1) is 0 Å². The number of hydrogen-bond donors (Lipinski definition) is 2. The first-order valence-electron chi connectivity index (χ1n) is 8.63. The number of aryl methyl sites for hydroxylation is 1. The minimum absolute atomic E-state index is 0.0471. The van der Waals surface area contributed by atoms with Crippen molar-refractivity contribution in [1.29, 1.82) is 0 Å². The number of rotatable bonds is 6. The molecule has 1 aromatic heterocycles. The van der Waals surface area contributed by atoms with Crippen molar-refractivity contribution in [3.05, 3.63) is 77.9 Å². The van der Waals surface area contributed by atoms with Crippen LogP contribution in [0.15, 0.2) is 60.9 Å². The molecular weight excluding hydrogens is 342 g/mol. The number of carbonyl (C=O) groups is 2. The molecule has 0 radical (unpaired) electrons. The maximum absolute atomic E-state index is 12.3. The first-order chi connectivity index (χ1) is 13.0. The second kappa shape index (κ2) is 8.27. The molecule has 0 aliphatic heterocycles. The van der Waals surface area contributed by atoms with Gasteiger partial charge in [-0.2, -0.15) is 0 Å². The van der Waals surface area contributed by atoms with E-state index in [2.05, 4.69) is 20.8 Å². The summed E-state index contributed by atoms with van der Waals surface area (Å²) in [6.45, 7) is 2.43. The van der Waals surface area contributed by atoms with E-state index in [4.69, 9.17) is 0 Å². The average molecular weight is 363 g/mol. The molecular formula is C20H21N5O2. The average Bonchev–Trinajstić information content (AvgIpc) is 3.13. The van der Waals surface area contributed by atoms with Crippen molar-refractivity contribution in [2.75, 3.05) is 11.9 Å². The van der Waals surface area contributed by atoms with Gasteiger partial charge in [-0.3, -0.25) is 9.59 Å². The minimum Gasteiger partial charge on any atom is -0.351 e. The van der Waals surface area contributed by atoms with Crippen molar-refractivity contribution in [3.63, 3.8) is 0 Å². The lowest BCUT2D eigenvalue weighted by Crippen LogP contribution is -2.28. The highest BCUT2D eigenvalue weighted by atomic mass is 16.2. The van der Waals surface area contributed by atoms with Gasteiger partial charge in [0.15, 0.2) is 0 Å². The van der Waals surface area contributed by atoms with E-state index in [1.165, 1.54) is 0 Å². The summed E-state index contributed by atoms with van der Waals surface area (Å²) in [5.41, 5.74) is 1.74. The topological polar surface area (TPSA) is 88.9 Å². The quantitative estimate of drug-likeness (QED) is 0.704. The SMILES string of the molecule is CC(CNC(=O)c1ccc(NC(=O)c2ccccc2)cc1)c1nncn1C. The van der Waals surface area contributed by atoms with Crippen LogP contribution < -0.4 is 10.6 Å². The zero-order valence-corrected chi connectivity index (χ0v) is 15.2. The fourth-order valence-corrected chi connectivity index (χ4v) is 2.68. The Labute approximate surface area is 157 Å². The van der Waals surface area contributed by atoms with Gasteiger partial charge in [0, 0.05) is 36.3 Å². The number of anilines is 1. The molecule has 1 heterocycles.